The van der Waals surface area contributed by atoms with Crippen molar-refractivity contribution in [1.82, 2.24) is 19.4 Å². The van der Waals surface area contributed by atoms with Crippen LogP contribution in [-0.2, 0) is 7.05 Å². The van der Waals surface area contributed by atoms with Crippen molar-refractivity contribution in [2.75, 3.05) is 0 Å². The fourth-order valence-electron chi connectivity index (χ4n) is 2.87. The molecule has 2 aromatic heterocycles. The van der Waals surface area contributed by atoms with Crippen molar-refractivity contribution in [3.05, 3.63) is 76.3 Å². The molecule has 0 bridgehead atoms. The van der Waals surface area contributed by atoms with Crippen molar-refractivity contribution in [3.8, 4) is 0 Å². The Morgan fingerprint density at radius 2 is 1.96 bits per heavy atom. The lowest BCUT2D eigenvalue weighted by molar-refractivity contribution is 0.0930. The van der Waals surface area contributed by atoms with Crippen LogP contribution in [0.2, 0.25) is 0 Å². The molecule has 0 aliphatic carbocycles. The van der Waals surface area contributed by atoms with Gasteiger partial charge >= 0.3 is 0 Å². The van der Waals surface area contributed by atoms with Crippen LogP contribution in [0.4, 0.5) is 4.39 Å². The average molecular weight is 419 g/mol. The first-order valence-electron chi connectivity index (χ1n) is 8.27. The van der Waals surface area contributed by atoms with Gasteiger partial charge in [0, 0.05) is 36.2 Å². The van der Waals surface area contributed by atoms with Gasteiger partial charge in [0.1, 0.15) is 23.4 Å². The van der Waals surface area contributed by atoms with Gasteiger partial charge in [-0.1, -0.05) is 12.1 Å². The average Bonchev–Trinajstić information content (AvgIpc) is 3.19. The molecular formula is C19H20BrFN4O. The second kappa shape index (κ2) is 7.45. The molecule has 0 radical (unpaired) electrons. The molecule has 3 aromatic rings. The van der Waals surface area contributed by atoms with Gasteiger partial charge in [-0.05, 0) is 53.5 Å². The van der Waals surface area contributed by atoms with E-state index in [-0.39, 0.29) is 17.8 Å². The number of hydrogen-bond acceptors (Lipinski definition) is 2. The number of nitrogens with zero attached hydrogens (tertiary/aromatic N) is 3. The van der Waals surface area contributed by atoms with E-state index < -0.39 is 6.04 Å². The molecule has 1 N–H and O–H groups in total. The van der Waals surface area contributed by atoms with E-state index in [1.165, 1.54) is 12.1 Å². The maximum Gasteiger partial charge on any atom is 0.268 e. The molecule has 136 valence electrons. The van der Waals surface area contributed by atoms with Crippen molar-refractivity contribution < 1.29 is 9.18 Å². The van der Waals surface area contributed by atoms with Gasteiger partial charge in [0.2, 0.25) is 0 Å². The summed E-state index contributed by atoms with van der Waals surface area (Å²) in [6.45, 7) is 4.03. The number of hydrogen-bond donors (Lipinski definition) is 1. The third kappa shape index (κ3) is 3.72. The summed E-state index contributed by atoms with van der Waals surface area (Å²) in [4.78, 5) is 17.3. The van der Waals surface area contributed by atoms with Crippen molar-refractivity contribution >= 4 is 21.8 Å². The van der Waals surface area contributed by atoms with E-state index in [0.717, 1.165) is 10.0 Å². The molecule has 0 saturated heterocycles. The van der Waals surface area contributed by atoms with E-state index >= 15 is 0 Å². The Bertz CT molecular complexity index is 914. The topological polar surface area (TPSA) is 51.9 Å². The van der Waals surface area contributed by atoms with Crippen LogP contribution in [0.25, 0.3) is 0 Å². The molecule has 7 heteroatoms. The number of carbonyl (C=O) groups excluding carboxylic acids is 1. The lowest BCUT2D eigenvalue weighted by Gasteiger charge is -2.20. The smallest absolute Gasteiger partial charge is 0.268 e. The van der Waals surface area contributed by atoms with Gasteiger partial charge in [-0.3, -0.25) is 4.79 Å². The summed E-state index contributed by atoms with van der Waals surface area (Å²) in [5.41, 5.74) is 1.31. The molecule has 3 rings (SSSR count). The molecular weight excluding hydrogens is 399 g/mol. The van der Waals surface area contributed by atoms with Crippen LogP contribution >= 0.6 is 15.9 Å². The molecule has 26 heavy (non-hydrogen) atoms. The molecule has 0 fully saturated rings. The van der Waals surface area contributed by atoms with Crippen molar-refractivity contribution in [2.24, 2.45) is 7.05 Å². The van der Waals surface area contributed by atoms with Crippen LogP contribution in [0.5, 0.6) is 0 Å². The first kappa shape index (κ1) is 18.4. The summed E-state index contributed by atoms with van der Waals surface area (Å²) in [6.07, 6.45) is 5.37. The van der Waals surface area contributed by atoms with Crippen LogP contribution in [0.1, 0.15) is 47.8 Å². The zero-order chi connectivity index (χ0) is 18.8. The Kier molecular flexibility index (Phi) is 5.27. The molecule has 1 amide bonds. The predicted molar refractivity (Wildman–Crippen MR) is 101 cm³/mol. The Labute approximate surface area is 160 Å². The monoisotopic (exact) mass is 418 g/mol. The molecule has 1 aromatic carbocycles. The number of imidazole rings is 1. The summed E-state index contributed by atoms with van der Waals surface area (Å²) in [5.74, 6) is 0.129. The first-order valence-corrected chi connectivity index (χ1v) is 9.07. The molecule has 1 atom stereocenters. The third-order valence-electron chi connectivity index (χ3n) is 4.20. The van der Waals surface area contributed by atoms with Crippen LogP contribution in [0, 0.1) is 5.82 Å². The summed E-state index contributed by atoms with van der Waals surface area (Å²) in [5, 5.41) is 3.03. The molecule has 0 saturated carbocycles. The number of aromatic nitrogens is 3. The maximum absolute atomic E-state index is 13.3. The third-order valence-corrected chi connectivity index (χ3v) is 4.63. The van der Waals surface area contributed by atoms with Crippen LogP contribution in [-0.4, -0.2) is 20.0 Å². The summed E-state index contributed by atoms with van der Waals surface area (Å²) < 4.78 is 17.9. The molecule has 0 aliphatic heterocycles. The Morgan fingerprint density at radius 3 is 2.54 bits per heavy atom. The Balaban J connectivity index is 1.97. The van der Waals surface area contributed by atoms with Crippen LogP contribution in [0.15, 0.2) is 53.4 Å². The fraction of sp³-hybridized carbons (Fsp3) is 0.263. The molecule has 2 heterocycles. The first-order chi connectivity index (χ1) is 12.4. The van der Waals surface area contributed by atoms with E-state index in [9.17, 15) is 9.18 Å². The standard InChI is InChI=1S/C19H20BrFN4O/c1-12(2)25-11-14(20)10-16(25)19(26)23-17(18-22-8-9-24(18)3)13-4-6-15(21)7-5-13/h4-12,17H,1-3H3,(H,23,26). The van der Waals surface area contributed by atoms with Crippen LogP contribution < -0.4 is 5.32 Å². The SMILES string of the molecule is CC(C)n1cc(Br)cc1C(=O)NC(c1ccc(F)cc1)c1nccn1C. The number of rotatable bonds is 5. The number of benzene rings is 1. The maximum atomic E-state index is 13.3. The minimum absolute atomic E-state index is 0.138. The van der Waals surface area contributed by atoms with Crippen LogP contribution in [0.3, 0.4) is 0 Å². The van der Waals surface area contributed by atoms with Gasteiger partial charge in [-0.15, -0.1) is 0 Å². The lowest BCUT2D eigenvalue weighted by Crippen LogP contribution is -2.32. The van der Waals surface area contributed by atoms with E-state index in [1.54, 1.807) is 24.4 Å². The number of carbonyl (C=O) groups is 1. The zero-order valence-electron chi connectivity index (χ0n) is 14.8. The van der Waals surface area contributed by atoms with Gasteiger partial charge < -0.3 is 14.5 Å². The minimum atomic E-state index is -0.489. The number of aryl methyl sites for hydroxylation is 1. The van der Waals surface area contributed by atoms with E-state index in [0.29, 0.717) is 11.5 Å². The lowest BCUT2D eigenvalue weighted by atomic mass is 10.1. The molecule has 1 unspecified atom stereocenters. The van der Waals surface area contributed by atoms with Gasteiger partial charge in [-0.25, -0.2) is 9.37 Å². The van der Waals surface area contributed by atoms with Gasteiger partial charge in [0.25, 0.3) is 5.91 Å². The normalized spacial score (nSPS) is 12.4. The zero-order valence-corrected chi connectivity index (χ0v) is 16.4. The van der Waals surface area contributed by atoms with Crippen molar-refractivity contribution in [1.29, 1.82) is 0 Å². The van der Waals surface area contributed by atoms with Gasteiger partial charge in [0.05, 0.1) is 0 Å². The predicted octanol–water partition coefficient (Wildman–Crippen LogP) is 4.22. The van der Waals surface area contributed by atoms with Crippen molar-refractivity contribution in [3.63, 3.8) is 0 Å². The molecule has 5 nitrogen and oxygen atoms in total. The van der Waals surface area contributed by atoms with Gasteiger partial charge in [-0.2, -0.15) is 0 Å². The Hall–Kier alpha value is -2.41. The molecule has 0 aliphatic rings. The summed E-state index contributed by atoms with van der Waals surface area (Å²) in [6, 6.07) is 7.51. The van der Waals surface area contributed by atoms with E-state index in [1.807, 2.05) is 42.4 Å². The quantitative estimate of drug-likeness (QED) is 0.673. The number of halogens is 2. The molecule has 0 spiro atoms. The highest BCUT2D eigenvalue weighted by molar-refractivity contribution is 9.10. The number of nitrogens with one attached hydrogen (secondary N) is 1. The fourth-order valence-corrected chi connectivity index (χ4v) is 3.30. The summed E-state index contributed by atoms with van der Waals surface area (Å²) in [7, 11) is 1.86. The Morgan fingerprint density at radius 1 is 1.27 bits per heavy atom. The second-order valence-corrected chi connectivity index (χ2v) is 7.31. The number of amides is 1. The second-order valence-electron chi connectivity index (χ2n) is 6.40. The van der Waals surface area contributed by atoms with Crippen molar-refractivity contribution in [2.45, 2.75) is 25.9 Å². The van der Waals surface area contributed by atoms with E-state index in [4.69, 9.17) is 0 Å². The van der Waals surface area contributed by atoms with E-state index in [2.05, 4.69) is 26.2 Å². The van der Waals surface area contributed by atoms with Gasteiger partial charge in [0.15, 0.2) is 0 Å². The highest BCUT2D eigenvalue weighted by Crippen LogP contribution is 2.24. The minimum Gasteiger partial charge on any atom is -0.340 e. The summed E-state index contributed by atoms with van der Waals surface area (Å²) >= 11 is 3.43. The largest absolute Gasteiger partial charge is 0.340 e. The highest BCUT2D eigenvalue weighted by Gasteiger charge is 2.23. The highest BCUT2D eigenvalue weighted by atomic mass is 79.9.